The molecule has 0 atom stereocenters. The molecule has 0 fully saturated rings. The number of hydrogen-bond acceptors (Lipinski definition) is 2. The predicted octanol–water partition coefficient (Wildman–Crippen LogP) is -3.40. The molecule has 8 heavy (non-hydrogen) atoms. The summed E-state index contributed by atoms with van der Waals surface area (Å²) in [7, 11) is -4.67. The van der Waals surface area contributed by atoms with Crippen molar-refractivity contribution in [2.45, 2.75) is 0 Å². The summed E-state index contributed by atoms with van der Waals surface area (Å²) in [6.07, 6.45) is 0. The SMILES string of the molecule is O=S(=O)(O)O.[AlH3].[CaH2].[KH]. The van der Waals surface area contributed by atoms with E-state index < -0.39 is 10.4 Å². The van der Waals surface area contributed by atoms with Crippen LogP contribution in [0.15, 0.2) is 0 Å². The third-order valence-electron chi connectivity index (χ3n) is 0. The summed E-state index contributed by atoms with van der Waals surface area (Å²) in [4.78, 5) is 0. The van der Waals surface area contributed by atoms with Crippen LogP contribution >= 0.6 is 0 Å². The van der Waals surface area contributed by atoms with Crippen LogP contribution in [0.4, 0.5) is 0 Å². The first-order chi connectivity index (χ1) is 2.00. The van der Waals surface area contributed by atoms with E-state index in [1.807, 2.05) is 0 Å². The van der Waals surface area contributed by atoms with Gasteiger partial charge in [0.25, 0.3) is 0 Å². The Hall–Kier alpha value is 3.30. The monoisotopic (exact) mass is 210 g/mol. The van der Waals surface area contributed by atoms with Gasteiger partial charge in [-0.05, 0) is 0 Å². The van der Waals surface area contributed by atoms with Crippen LogP contribution in [0.5, 0.6) is 0 Å². The Morgan fingerprint density at radius 3 is 1.12 bits per heavy atom. The second kappa shape index (κ2) is 10.3. The maximum atomic E-state index is 8.74. The Kier molecular flexibility index (Phi) is 29.0. The van der Waals surface area contributed by atoms with Crippen molar-refractivity contribution >= 4 is 117 Å². The normalized spacial score (nSPS) is 7.25. The zero-order chi connectivity index (χ0) is 4.50. The van der Waals surface area contributed by atoms with E-state index in [4.69, 9.17) is 17.5 Å². The molecule has 0 aromatic heterocycles. The van der Waals surface area contributed by atoms with Gasteiger partial charge in [-0.25, -0.2) is 0 Å². The van der Waals surface area contributed by atoms with Gasteiger partial charge in [0.2, 0.25) is 0 Å². The number of hydrogen-bond donors (Lipinski definition) is 2. The maximum absolute atomic E-state index is 8.74. The summed E-state index contributed by atoms with van der Waals surface area (Å²) in [6, 6.07) is 0. The molecule has 44 valence electrons. The van der Waals surface area contributed by atoms with E-state index in [9.17, 15) is 0 Å². The Morgan fingerprint density at radius 1 is 1.12 bits per heavy atom. The van der Waals surface area contributed by atoms with Crippen molar-refractivity contribution in [2.24, 2.45) is 0 Å². The first kappa shape index (κ1) is 22.5. The van der Waals surface area contributed by atoms with Gasteiger partial charge in [-0.15, -0.1) is 0 Å². The van der Waals surface area contributed by atoms with Gasteiger partial charge in [-0.2, -0.15) is 8.42 Å². The van der Waals surface area contributed by atoms with Crippen molar-refractivity contribution in [3.63, 3.8) is 0 Å². The van der Waals surface area contributed by atoms with Crippen LogP contribution in [0.1, 0.15) is 0 Å². The molecule has 0 saturated carbocycles. The van der Waals surface area contributed by atoms with Crippen LogP contribution in [0.2, 0.25) is 0 Å². The molecular formula is H8AlCaKO4S. The van der Waals surface area contributed by atoms with Gasteiger partial charge in [0.15, 0.2) is 17.4 Å². The van der Waals surface area contributed by atoms with Crippen LogP contribution < -0.4 is 0 Å². The molecule has 0 aromatic rings. The standard InChI is InChI=1S/Al.Ca.K.H2O4S.6H/c;;;1-5(2,3)4;;;;;;/h;;;(H2,1,2,3,4);;;;;;. The zero-order valence-corrected chi connectivity index (χ0v) is 2.94. The summed E-state index contributed by atoms with van der Waals surface area (Å²) in [6.45, 7) is 0. The van der Waals surface area contributed by atoms with Crippen LogP contribution in [0.25, 0.3) is 0 Å². The summed E-state index contributed by atoms with van der Waals surface area (Å²) in [5.74, 6) is 0. The quantitative estimate of drug-likeness (QED) is 0.323. The van der Waals surface area contributed by atoms with Crippen molar-refractivity contribution in [1.29, 1.82) is 0 Å². The van der Waals surface area contributed by atoms with Crippen molar-refractivity contribution < 1.29 is 17.5 Å². The molecule has 0 aliphatic carbocycles. The van der Waals surface area contributed by atoms with Gasteiger partial charge in [-0.3, -0.25) is 9.11 Å². The van der Waals surface area contributed by atoms with Crippen molar-refractivity contribution in [3.8, 4) is 0 Å². The summed E-state index contributed by atoms with van der Waals surface area (Å²) >= 11 is 0. The van der Waals surface area contributed by atoms with Crippen LogP contribution in [0, 0.1) is 0 Å². The fraction of sp³-hybridized carbons (Fsp3) is 0. The van der Waals surface area contributed by atoms with Gasteiger partial charge in [0.1, 0.15) is 0 Å². The minimum atomic E-state index is -4.67. The van der Waals surface area contributed by atoms with Gasteiger partial charge in [0, 0.05) is 0 Å². The van der Waals surface area contributed by atoms with Crippen molar-refractivity contribution in [3.05, 3.63) is 0 Å². The molecule has 0 aliphatic heterocycles. The average molecular weight is 210 g/mol. The molecule has 0 heterocycles. The molecule has 4 nitrogen and oxygen atoms in total. The van der Waals surface area contributed by atoms with Gasteiger partial charge < -0.3 is 0 Å². The first-order valence-electron chi connectivity index (χ1n) is 0.698. The Labute approximate surface area is 131 Å². The second-order valence-electron chi connectivity index (χ2n) is 0.448. The molecule has 0 rings (SSSR count). The van der Waals surface area contributed by atoms with E-state index in [0.717, 1.165) is 0 Å². The summed E-state index contributed by atoms with van der Waals surface area (Å²) < 4.78 is 31.6. The van der Waals surface area contributed by atoms with Crippen LogP contribution in [-0.2, 0) is 10.4 Å². The molecule has 0 aliphatic rings. The molecule has 2 N–H and O–H groups in total. The summed E-state index contributed by atoms with van der Waals surface area (Å²) in [5, 5.41) is 0. The van der Waals surface area contributed by atoms with Crippen LogP contribution in [0.3, 0.4) is 0 Å². The molecule has 0 bridgehead atoms. The number of rotatable bonds is 0. The average Bonchev–Trinajstić information content (AvgIpc) is 0.722. The molecule has 0 aromatic carbocycles. The van der Waals surface area contributed by atoms with E-state index in [1.165, 1.54) is 0 Å². The molecule has 8 heteroatoms. The van der Waals surface area contributed by atoms with E-state index in [1.54, 1.807) is 0 Å². The van der Waals surface area contributed by atoms with E-state index in [-0.39, 0.29) is 106 Å². The van der Waals surface area contributed by atoms with Crippen LogP contribution in [-0.4, -0.2) is 124 Å². The Bertz CT molecular complexity index is 99.2. The second-order valence-corrected chi connectivity index (χ2v) is 1.34. The predicted molar refractivity (Wildman–Crippen MR) is 39.8 cm³/mol. The van der Waals surface area contributed by atoms with Gasteiger partial charge in [-0.1, -0.05) is 0 Å². The minimum absolute atomic E-state index is 0. The molecule has 0 saturated heterocycles. The van der Waals surface area contributed by atoms with Crippen molar-refractivity contribution in [1.82, 2.24) is 0 Å². The van der Waals surface area contributed by atoms with Gasteiger partial charge >= 0.3 is 99.5 Å². The Morgan fingerprint density at radius 2 is 1.12 bits per heavy atom. The molecule has 0 spiro atoms. The fourth-order valence-electron chi connectivity index (χ4n) is 0. The van der Waals surface area contributed by atoms with E-state index in [2.05, 4.69) is 0 Å². The summed E-state index contributed by atoms with van der Waals surface area (Å²) in [5.41, 5.74) is 0. The topological polar surface area (TPSA) is 74.6 Å². The molecular weight excluding hydrogens is 202 g/mol. The molecule has 0 amide bonds. The van der Waals surface area contributed by atoms with E-state index in [0.29, 0.717) is 0 Å². The molecule has 0 radical (unpaired) electrons. The Balaban J connectivity index is -0.0000000267. The zero-order valence-electron chi connectivity index (χ0n) is 2.12. The third-order valence-corrected chi connectivity index (χ3v) is 0. The van der Waals surface area contributed by atoms with Crippen molar-refractivity contribution in [2.75, 3.05) is 0 Å². The van der Waals surface area contributed by atoms with Gasteiger partial charge in [0.05, 0.1) is 0 Å². The third kappa shape index (κ3) is 58.9. The molecule has 0 unspecified atom stereocenters. The van der Waals surface area contributed by atoms with E-state index >= 15 is 0 Å². The first-order valence-corrected chi connectivity index (χ1v) is 2.10. The fourth-order valence-corrected chi connectivity index (χ4v) is 0.